The zero-order valence-electron chi connectivity index (χ0n) is 13.9. The molecule has 1 aliphatic rings. The average molecular weight is 364 g/mol. The van der Waals surface area contributed by atoms with Gasteiger partial charge in [0.15, 0.2) is 5.69 Å². The number of aromatic nitrogens is 2. The molecule has 2 aromatic rings. The number of thiophene rings is 1. The van der Waals surface area contributed by atoms with Crippen LogP contribution in [0.25, 0.3) is 0 Å². The van der Waals surface area contributed by atoms with E-state index in [4.69, 9.17) is 0 Å². The smallest absolute Gasteiger partial charge is 0.266 e. The number of carbonyl (C=O) groups excluding carboxylic acids is 2. The maximum absolute atomic E-state index is 12.3. The Labute approximate surface area is 149 Å². The summed E-state index contributed by atoms with van der Waals surface area (Å²) in [4.78, 5) is 26.0. The molecule has 0 aliphatic heterocycles. The van der Waals surface area contributed by atoms with Crippen molar-refractivity contribution in [1.29, 1.82) is 0 Å². The van der Waals surface area contributed by atoms with Crippen LogP contribution in [0.15, 0.2) is 12.3 Å². The zero-order valence-corrected chi connectivity index (χ0v) is 15.5. The minimum atomic E-state index is -0.466. The summed E-state index contributed by atoms with van der Waals surface area (Å²) in [7, 11) is 0. The normalized spacial score (nSPS) is 17.2. The van der Waals surface area contributed by atoms with E-state index < -0.39 is 5.91 Å². The van der Waals surface area contributed by atoms with Crippen molar-refractivity contribution in [3.8, 4) is 0 Å². The molecule has 8 heteroatoms. The topological polar surface area (TPSA) is 84.0 Å². The number of nitrogens with one attached hydrogen (secondary N) is 2. The van der Waals surface area contributed by atoms with E-state index in [2.05, 4.69) is 40.4 Å². The molecule has 6 nitrogen and oxygen atoms in total. The number of rotatable bonds is 2. The van der Waals surface area contributed by atoms with Crippen molar-refractivity contribution in [3.05, 3.63) is 33.3 Å². The number of nitrogens with zero attached hydrogens (tertiary/aromatic N) is 2. The van der Waals surface area contributed by atoms with Crippen LogP contribution < -0.4 is 10.9 Å². The van der Waals surface area contributed by atoms with Crippen LogP contribution >= 0.6 is 23.1 Å². The fraction of sp³-hybridized carbons (Fsp3) is 0.500. The van der Waals surface area contributed by atoms with E-state index in [9.17, 15) is 9.59 Å². The molecule has 2 amide bonds. The van der Waals surface area contributed by atoms with E-state index in [0.29, 0.717) is 10.8 Å². The molecule has 0 radical (unpaired) electrons. The molecule has 0 saturated carbocycles. The fourth-order valence-electron chi connectivity index (χ4n) is 2.88. The number of hydrazine groups is 1. The molecule has 128 valence electrons. The maximum Gasteiger partial charge on any atom is 0.291 e. The van der Waals surface area contributed by atoms with Crippen molar-refractivity contribution in [2.24, 2.45) is 11.3 Å². The summed E-state index contributed by atoms with van der Waals surface area (Å²) in [5.41, 5.74) is 6.55. The summed E-state index contributed by atoms with van der Waals surface area (Å²) in [6.45, 7) is 6.81. The Morgan fingerprint density at radius 2 is 2.00 bits per heavy atom. The molecule has 2 aromatic heterocycles. The van der Waals surface area contributed by atoms with Gasteiger partial charge in [0.1, 0.15) is 0 Å². The van der Waals surface area contributed by atoms with Gasteiger partial charge in [0.2, 0.25) is 0 Å². The quantitative estimate of drug-likeness (QED) is 0.803. The molecule has 0 fully saturated rings. The van der Waals surface area contributed by atoms with Crippen LogP contribution in [0.1, 0.15) is 57.8 Å². The van der Waals surface area contributed by atoms with Gasteiger partial charge in [0.25, 0.3) is 11.8 Å². The molecule has 1 atom stereocenters. The molecule has 3 rings (SSSR count). The number of hydrogen-bond donors (Lipinski definition) is 2. The highest BCUT2D eigenvalue weighted by atomic mass is 32.1. The van der Waals surface area contributed by atoms with Gasteiger partial charge >= 0.3 is 0 Å². The van der Waals surface area contributed by atoms with Crippen LogP contribution in [-0.2, 0) is 12.8 Å². The highest BCUT2D eigenvalue weighted by molar-refractivity contribution is 7.14. The number of amides is 2. The third-order valence-electron chi connectivity index (χ3n) is 4.41. The van der Waals surface area contributed by atoms with E-state index in [1.807, 2.05) is 6.07 Å². The molecule has 1 aliphatic carbocycles. The van der Waals surface area contributed by atoms with Gasteiger partial charge in [-0.2, -0.15) is 8.75 Å². The summed E-state index contributed by atoms with van der Waals surface area (Å²) in [5, 5.41) is 0. The van der Waals surface area contributed by atoms with Crippen LogP contribution in [-0.4, -0.2) is 20.6 Å². The van der Waals surface area contributed by atoms with E-state index in [0.717, 1.165) is 31.0 Å². The van der Waals surface area contributed by atoms with E-state index in [-0.39, 0.29) is 17.0 Å². The second-order valence-corrected chi connectivity index (χ2v) is 8.76. The molecule has 0 unspecified atom stereocenters. The molecule has 2 heterocycles. The second kappa shape index (κ2) is 6.60. The largest absolute Gasteiger partial charge is 0.291 e. The number of aryl methyl sites for hydroxylation is 1. The van der Waals surface area contributed by atoms with E-state index in [1.165, 1.54) is 28.0 Å². The van der Waals surface area contributed by atoms with E-state index >= 15 is 0 Å². The van der Waals surface area contributed by atoms with Gasteiger partial charge in [-0.1, -0.05) is 20.8 Å². The molecular weight excluding hydrogens is 344 g/mol. The summed E-state index contributed by atoms with van der Waals surface area (Å²) in [6.07, 6.45) is 4.56. The summed E-state index contributed by atoms with van der Waals surface area (Å²) in [6, 6.07) is 1.96. The standard InChI is InChI=1S/C16H20N4O2S2/c1-16(2,3)10-4-5-12-9(6-10)7-13(23-12)15(22)19-18-14(21)11-8-17-24-20-11/h7-8,10H,4-6H2,1-3H3,(H,18,21)(H,19,22)/t10-/m0/s1. The minimum Gasteiger partial charge on any atom is -0.266 e. The van der Waals surface area contributed by atoms with Gasteiger partial charge in [0.05, 0.1) is 22.8 Å². The third-order valence-corrected chi connectivity index (χ3v) is 6.13. The van der Waals surface area contributed by atoms with E-state index in [1.54, 1.807) is 0 Å². The van der Waals surface area contributed by atoms with Gasteiger partial charge in [0, 0.05) is 4.88 Å². The lowest BCUT2D eigenvalue weighted by molar-refractivity contribution is 0.0846. The van der Waals surface area contributed by atoms with Crippen LogP contribution in [0.5, 0.6) is 0 Å². The first-order valence-corrected chi connectivity index (χ1v) is 9.39. The van der Waals surface area contributed by atoms with Gasteiger partial charge < -0.3 is 0 Å². The highest BCUT2D eigenvalue weighted by Crippen LogP contribution is 2.39. The average Bonchev–Trinajstić information content (AvgIpc) is 3.19. The van der Waals surface area contributed by atoms with Gasteiger partial charge in [-0.3, -0.25) is 20.4 Å². The van der Waals surface area contributed by atoms with Crippen molar-refractivity contribution in [2.75, 3.05) is 0 Å². The zero-order chi connectivity index (χ0) is 17.3. The summed E-state index contributed by atoms with van der Waals surface area (Å²) < 4.78 is 7.58. The Bertz CT molecular complexity index is 747. The Hall–Kier alpha value is -1.80. The van der Waals surface area contributed by atoms with Gasteiger partial charge in [-0.15, -0.1) is 11.3 Å². The van der Waals surface area contributed by atoms with Gasteiger partial charge in [-0.05, 0) is 42.2 Å². The highest BCUT2D eigenvalue weighted by Gasteiger charge is 2.30. The lowest BCUT2D eigenvalue weighted by Gasteiger charge is -2.33. The van der Waals surface area contributed by atoms with Crippen LogP contribution in [0, 0.1) is 11.3 Å². The molecule has 0 saturated heterocycles. The minimum absolute atomic E-state index is 0.193. The Morgan fingerprint density at radius 3 is 2.67 bits per heavy atom. The maximum atomic E-state index is 12.3. The Balaban J connectivity index is 1.63. The first-order valence-electron chi connectivity index (χ1n) is 7.84. The first kappa shape index (κ1) is 17.0. The van der Waals surface area contributed by atoms with Crippen LogP contribution in [0.3, 0.4) is 0 Å². The van der Waals surface area contributed by atoms with Crippen molar-refractivity contribution >= 4 is 34.9 Å². The SMILES string of the molecule is CC(C)(C)[C@H]1CCc2sc(C(=O)NNC(=O)c3cnsn3)cc2C1. The first-order chi connectivity index (χ1) is 11.3. The predicted octanol–water partition coefficient (Wildman–Crippen LogP) is 2.83. The third kappa shape index (κ3) is 3.64. The number of carbonyl (C=O) groups is 2. The van der Waals surface area contributed by atoms with Crippen LogP contribution in [0.2, 0.25) is 0 Å². The van der Waals surface area contributed by atoms with Crippen molar-refractivity contribution in [3.63, 3.8) is 0 Å². The van der Waals surface area contributed by atoms with Crippen molar-refractivity contribution in [1.82, 2.24) is 19.6 Å². The Kier molecular flexibility index (Phi) is 4.69. The fourth-order valence-corrected chi connectivity index (χ4v) is 4.39. The van der Waals surface area contributed by atoms with Gasteiger partial charge in [-0.25, -0.2) is 0 Å². The molecule has 0 aromatic carbocycles. The number of hydrogen-bond acceptors (Lipinski definition) is 6. The lowest BCUT2D eigenvalue weighted by Crippen LogP contribution is -2.41. The van der Waals surface area contributed by atoms with Crippen molar-refractivity contribution in [2.45, 2.75) is 40.0 Å². The second-order valence-electron chi connectivity index (χ2n) is 7.07. The molecular formula is C16H20N4O2S2. The predicted molar refractivity (Wildman–Crippen MR) is 94.1 cm³/mol. The Morgan fingerprint density at radius 1 is 1.25 bits per heavy atom. The lowest BCUT2D eigenvalue weighted by atomic mass is 9.72. The number of fused-ring (bicyclic) bond motifs is 1. The molecule has 2 N–H and O–H groups in total. The summed E-state index contributed by atoms with van der Waals surface area (Å²) >= 11 is 2.46. The molecule has 0 bridgehead atoms. The molecule has 0 spiro atoms. The van der Waals surface area contributed by atoms with Crippen LogP contribution in [0.4, 0.5) is 0 Å². The summed E-state index contributed by atoms with van der Waals surface area (Å²) in [5.74, 6) is -0.128. The molecule has 24 heavy (non-hydrogen) atoms. The monoisotopic (exact) mass is 364 g/mol. The van der Waals surface area contributed by atoms with Crippen molar-refractivity contribution < 1.29 is 9.59 Å².